The number of urea groups is 1. The first-order valence-electron chi connectivity index (χ1n) is 11.2. The van der Waals surface area contributed by atoms with E-state index in [-0.39, 0.29) is 30.3 Å². The van der Waals surface area contributed by atoms with E-state index in [9.17, 15) is 9.90 Å². The zero-order valence-corrected chi connectivity index (χ0v) is 19.4. The molecule has 33 heavy (non-hydrogen) atoms. The van der Waals surface area contributed by atoms with E-state index in [1.54, 1.807) is 12.1 Å². The summed E-state index contributed by atoms with van der Waals surface area (Å²) in [4.78, 5) is 25.2. The van der Waals surface area contributed by atoms with Gasteiger partial charge in [-0.05, 0) is 43.9 Å². The van der Waals surface area contributed by atoms with E-state index < -0.39 is 0 Å². The monoisotopic (exact) mass is 489 g/mol. The van der Waals surface area contributed by atoms with Gasteiger partial charge in [0.2, 0.25) is 0 Å². The van der Waals surface area contributed by atoms with Gasteiger partial charge in [-0.3, -0.25) is 5.32 Å². The Kier molecular flexibility index (Phi) is 5.40. The fraction of sp³-hybridized carbons (Fsp3) is 0.500. The van der Waals surface area contributed by atoms with Crippen molar-refractivity contribution < 1.29 is 19.1 Å². The Morgan fingerprint density at radius 1 is 1.21 bits per heavy atom. The number of hydrogen-bond acceptors (Lipinski definition) is 8. The zero-order chi connectivity index (χ0) is 22.5. The van der Waals surface area contributed by atoms with E-state index in [0.29, 0.717) is 41.4 Å². The molecule has 1 saturated heterocycles. The molecule has 3 aliphatic rings. The van der Waals surface area contributed by atoms with Crippen molar-refractivity contribution in [3.05, 3.63) is 33.8 Å². The molecule has 2 aliphatic heterocycles. The molecule has 1 aromatic carbocycles. The number of amides is 2. The third-order valence-corrected chi connectivity index (χ3v) is 7.94. The Labute approximate surface area is 199 Å². The van der Waals surface area contributed by atoms with Gasteiger partial charge in [-0.1, -0.05) is 22.9 Å². The molecule has 4 heterocycles. The topological polar surface area (TPSA) is 113 Å². The van der Waals surface area contributed by atoms with Gasteiger partial charge in [-0.25, -0.2) is 9.78 Å². The second-order valence-electron chi connectivity index (χ2n) is 8.86. The number of thiazole rings is 1. The maximum atomic E-state index is 12.5. The first-order chi connectivity index (χ1) is 16.0. The summed E-state index contributed by atoms with van der Waals surface area (Å²) in [6.07, 6.45) is 3.45. The number of benzene rings is 1. The van der Waals surface area contributed by atoms with Crippen molar-refractivity contribution in [2.45, 2.75) is 56.3 Å². The van der Waals surface area contributed by atoms with Crippen LogP contribution in [-0.4, -0.2) is 52.5 Å². The van der Waals surface area contributed by atoms with Crippen LogP contribution in [0.15, 0.2) is 22.6 Å². The SMILES string of the molecule is O=C(Nc1nc2c(s1)[C@@H]1COC[C@H](C2)N1c1nc2cc(Cl)ccc2o1)NC1CCC(O)CC1. The van der Waals surface area contributed by atoms with Gasteiger partial charge in [0.25, 0.3) is 6.01 Å². The van der Waals surface area contributed by atoms with Gasteiger partial charge in [-0.2, -0.15) is 4.98 Å². The number of fused-ring (bicyclic) bond motifs is 5. The number of oxazole rings is 1. The summed E-state index contributed by atoms with van der Waals surface area (Å²) >= 11 is 7.58. The van der Waals surface area contributed by atoms with Gasteiger partial charge in [0.05, 0.1) is 42.0 Å². The zero-order valence-electron chi connectivity index (χ0n) is 17.8. The van der Waals surface area contributed by atoms with Crippen LogP contribution in [0, 0.1) is 0 Å². The molecule has 11 heteroatoms. The number of ether oxygens (including phenoxy) is 1. The van der Waals surface area contributed by atoms with E-state index in [4.69, 9.17) is 25.7 Å². The molecule has 0 radical (unpaired) electrons. The maximum absolute atomic E-state index is 12.5. The van der Waals surface area contributed by atoms with Crippen molar-refractivity contribution in [3.8, 4) is 0 Å². The first kappa shape index (κ1) is 21.2. The molecule has 174 valence electrons. The van der Waals surface area contributed by atoms with E-state index in [0.717, 1.165) is 41.8 Å². The average molecular weight is 490 g/mol. The molecule has 2 amide bonds. The fourth-order valence-electron chi connectivity index (χ4n) is 4.96. The largest absolute Gasteiger partial charge is 0.423 e. The molecule has 1 aliphatic carbocycles. The molecule has 9 nitrogen and oxygen atoms in total. The number of hydrogen-bond donors (Lipinski definition) is 3. The molecule has 3 aromatic rings. The van der Waals surface area contributed by atoms with Gasteiger partial charge >= 0.3 is 6.03 Å². The number of aromatic nitrogens is 2. The lowest BCUT2D eigenvalue weighted by atomic mass is 9.93. The Morgan fingerprint density at radius 3 is 2.91 bits per heavy atom. The number of carbonyl (C=O) groups excluding carboxylic acids is 1. The number of aliphatic hydroxyl groups is 1. The average Bonchev–Trinajstić information content (AvgIpc) is 3.38. The van der Waals surface area contributed by atoms with Crippen LogP contribution in [0.25, 0.3) is 11.1 Å². The first-order valence-corrected chi connectivity index (χ1v) is 12.4. The predicted molar refractivity (Wildman–Crippen MR) is 125 cm³/mol. The smallest absolute Gasteiger partial charge is 0.321 e. The number of nitrogens with one attached hydrogen (secondary N) is 2. The highest BCUT2D eigenvalue weighted by molar-refractivity contribution is 7.16. The Balaban J connectivity index is 1.21. The Morgan fingerprint density at radius 2 is 2.06 bits per heavy atom. The summed E-state index contributed by atoms with van der Waals surface area (Å²) in [5.74, 6) is 0. The van der Waals surface area contributed by atoms with E-state index in [2.05, 4.69) is 20.5 Å². The van der Waals surface area contributed by atoms with Crippen molar-refractivity contribution >= 4 is 51.2 Å². The molecule has 0 unspecified atom stereocenters. The number of nitrogens with zero attached hydrogens (tertiary/aromatic N) is 3. The molecule has 2 bridgehead atoms. The quantitative estimate of drug-likeness (QED) is 0.512. The third kappa shape index (κ3) is 4.05. The molecule has 1 saturated carbocycles. The molecule has 2 fully saturated rings. The lowest BCUT2D eigenvalue weighted by molar-refractivity contribution is 0.0579. The summed E-state index contributed by atoms with van der Waals surface area (Å²) < 4.78 is 11.9. The second kappa shape index (κ2) is 8.43. The minimum atomic E-state index is -0.255. The summed E-state index contributed by atoms with van der Waals surface area (Å²) in [5, 5.41) is 16.8. The lowest BCUT2D eigenvalue weighted by Crippen LogP contribution is -2.51. The van der Waals surface area contributed by atoms with Crippen molar-refractivity contribution in [1.82, 2.24) is 15.3 Å². The Hall–Kier alpha value is -2.40. The third-order valence-electron chi connectivity index (χ3n) is 6.59. The summed E-state index contributed by atoms with van der Waals surface area (Å²) in [7, 11) is 0. The number of anilines is 2. The van der Waals surface area contributed by atoms with Crippen LogP contribution in [-0.2, 0) is 11.2 Å². The van der Waals surface area contributed by atoms with Crippen molar-refractivity contribution in [1.29, 1.82) is 0 Å². The minimum Gasteiger partial charge on any atom is -0.423 e. The number of rotatable bonds is 3. The van der Waals surface area contributed by atoms with E-state index >= 15 is 0 Å². The lowest BCUT2D eigenvalue weighted by Gasteiger charge is -2.43. The second-order valence-corrected chi connectivity index (χ2v) is 10.3. The Bertz CT molecular complexity index is 1190. The normalized spacial score (nSPS) is 26.8. The van der Waals surface area contributed by atoms with Crippen LogP contribution in [0.2, 0.25) is 5.02 Å². The van der Waals surface area contributed by atoms with Crippen LogP contribution in [0.4, 0.5) is 15.9 Å². The number of aliphatic hydroxyl groups excluding tert-OH is 1. The number of halogens is 1. The number of carbonyl (C=O) groups is 1. The summed E-state index contributed by atoms with van der Waals surface area (Å²) in [6, 6.07) is 5.77. The van der Waals surface area contributed by atoms with Gasteiger partial charge < -0.3 is 24.5 Å². The standard InChI is InChI=1S/C22H24ClN5O4S/c23-11-1-6-18-15(7-11)26-22(32-18)28-13-8-16-19(17(28)10-31-9-13)33-21(25-16)27-20(30)24-12-2-4-14(29)5-3-12/h1,6-7,12-14,17,29H,2-5,8-10H2,(H2,24,25,27,30)/t12?,13-,14?,17-/m0/s1. The fourth-order valence-corrected chi connectivity index (χ4v) is 6.20. The van der Waals surface area contributed by atoms with Crippen molar-refractivity contribution in [2.24, 2.45) is 0 Å². The molecular weight excluding hydrogens is 466 g/mol. The number of morpholine rings is 1. The van der Waals surface area contributed by atoms with Crippen LogP contribution >= 0.6 is 22.9 Å². The summed E-state index contributed by atoms with van der Waals surface area (Å²) in [6.45, 7) is 1.06. The van der Waals surface area contributed by atoms with Gasteiger partial charge in [0, 0.05) is 17.5 Å². The van der Waals surface area contributed by atoms with Gasteiger partial charge in [0.15, 0.2) is 10.7 Å². The van der Waals surface area contributed by atoms with Crippen LogP contribution in [0.3, 0.4) is 0 Å². The molecule has 6 rings (SSSR count). The van der Waals surface area contributed by atoms with Gasteiger partial charge in [-0.15, -0.1) is 0 Å². The summed E-state index contributed by atoms with van der Waals surface area (Å²) in [5.41, 5.74) is 2.41. The van der Waals surface area contributed by atoms with Crippen LogP contribution in [0.1, 0.15) is 42.3 Å². The van der Waals surface area contributed by atoms with Crippen molar-refractivity contribution in [2.75, 3.05) is 23.4 Å². The van der Waals surface area contributed by atoms with Gasteiger partial charge in [0.1, 0.15) is 5.52 Å². The van der Waals surface area contributed by atoms with E-state index in [1.807, 2.05) is 6.07 Å². The van der Waals surface area contributed by atoms with Crippen molar-refractivity contribution in [3.63, 3.8) is 0 Å². The molecular formula is C22H24ClN5O4S. The minimum absolute atomic E-state index is 0.0530. The highest BCUT2D eigenvalue weighted by atomic mass is 35.5. The molecule has 3 N–H and O–H groups in total. The molecule has 2 aromatic heterocycles. The highest BCUT2D eigenvalue weighted by Gasteiger charge is 2.43. The highest BCUT2D eigenvalue weighted by Crippen LogP contribution is 2.43. The predicted octanol–water partition coefficient (Wildman–Crippen LogP) is 3.87. The molecule has 0 spiro atoms. The van der Waals surface area contributed by atoms with Crippen LogP contribution < -0.4 is 15.5 Å². The van der Waals surface area contributed by atoms with Crippen LogP contribution in [0.5, 0.6) is 0 Å². The maximum Gasteiger partial charge on any atom is 0.321 e. The molecule has 2 atom stereocenters. The van der Waals surface area contributed by atoms with E-state index in [1.165, 1.54) is 11.3 Å².